The number of aromatic nitrogens is 2. The van der Waals surface area contributed by atoms with Crippen LogP contribution in [0.5, 0.6) is 0 Å². The van der Waals surface area contributed by atoms with Crippen molar-refractivity contribution in [1.82, 2.24) is 9.97 Å². The van der Waals surface area contributed by atoms with E-state index in [1.54, 1.807) is 6.07 Å². The summed E-state index contributed by atoms with van der Waals surface area (Å²) < 4.78 is 90.4. The van der Waals surface area contributed by atoms with Crippen LogP contribution < -0.4 is 37.3 Å². The van der Waals surface area contributed by atoms with Gasteiger partial charge in [0, 0.05) is 6.92 Å². The van der Waals surface area contributed by atoms with Crippen molar-refractivity contribution in [3.8, 4) is 6.07 Å². The average molecular weight is 846 g/mol. The fourth-order valence-corrected chi connectivity index (χ4v) is 4.21. The second kappa shape index (κ2) is 19.3. The van der Waals surface area contributed by atoms with E-state index in [0.29, 0.717) is 50.0 Å². The molecule has 0 atom stereocenters. The van der Waals surface area contributed by atoms with Crippen molar-refractivity contribution in [2.75, 3.05) is 26.4 Å². The van der Waals surface area contributed by atoms with Crippen LogP contribution >= 0.6 is 0 Å². The van der Waals surface area contributed by atoms with Crippen molar-refractivity contribution in [2.24, 2.45) is 20.0 Å². The molecule has 0 aliphatic carbocycles. The van der Waals surface area contributed by atoms with Crippen LogP contribution in [-0.4, -0.2) is 82.1 Å². The monoisotopic (exact) mass is 844 g/mol. The second-order valence-electron chi connectivity index (χ2n) is 13.9. The Labute approximate surface area is 327 Å². The number of hydrogen-bond donors (Lipinski definition) is 0. The standard InChI is InChI=1S/2C15H19N3O2.C2H3N.2ClHO4.Co/c2*1-14(2)8-19-12(17-14)10-6-5-7-11(16-10)13-18-15(3,4)9-20-13;1-2-3;2*2-1(3,4)5;/h2*5-7H,8-9H2,1-4H3;1H3;2*(H,2,3,4,5);/q;;;;;+2/p-2. The summed E-state index contributed by atoms with van der Waals surface area (Å²) in [7, 11) is -9.89. The fourth-order valence-electron chi connectivity index (χ4n) is 4.21. The van der Waals surface area contributed by atoms with E-state index in [0.717, 1.165) is 22.8 Å². The molecule has 6 rings (SSSR count). The number of pyridine rings is 2. The van der Waals surface area contributed by atoms with Gasteiger partial charge in [-0.15, -0.1) is 20.5 Å². The first kappa shape index (κ1) is 48.5. The molecule has 22 heteroatoms. The molecule has 54 heavy (non-hydrogen) atoms. The fraction of sp³-hybridized carbons (Fsp3) is 0.531. The van der Waals surface area contributed by atoms with Gasteiger partial charge in [0.15, 0.2) is 0 Å². The minimum Gasteiger partial charge on any atom is -0.474 e. The van der Waals surface area contributed by atoms with Crippen LogP contribution in [0.4, 0.5) is 0 Å². The topological polar surface area (TPSA) is 320 Å². The minimum atomic E-state index is -4.94. The van der Waals surface area contributed by atoms with Crippen LogP contribution in [-0.2, 0) is 35.7 Å². The average Bonchev–Trinajstić information content (AvgIpc) is 3.77. The molecule has 4 aliphatic rings. The molecule has 0 saturated carbocycles. The Kier molecular flexibility index (Phi) is 17.4. The first-order chi connectivity index (χ1) is 24.1. The number of ether oxygens (including phenoxy) is 4. The summed E-state index contributed by atoms with van der Waals surface area (Å²) in [6.07, 6.45) is 0. The molecule has 0 saturated heterocycles. The summed E-state index contributed by atoms with van der Waals surface area (Å²) in [6, 6.07) is 13.2. The molecule has 299 valence electrons. The Morgan fingerprint density at radius 1 is 0.500 bits per heavy atom. The Bertz CT molecular complexity index is 1510. The van der Waals surface area contributed by atoms with Gasteiger partial charge < -0.3 is 18.9 Å². The van der Waals surface area contributed by atoms with Crippen molar-refractivity contribution in [1.29, 1.82) is 5.26 Å². The molecule has 1 radical (unpaired) electrons. The summed E-state index contributed by atoms with van der Waals surface area (Å²) in [5.41, 5.74) is 2.17. The van der Waals surface area contributed by atoms with E-state index >= 15 is 0 Å². The first-order valence-corrected chi connectivity index (χ1v) is 18.0. The van der Waals surface area contributed by atoms with Gasteiger partial charge in [-0.2, -0.15) is 5.26 Å². The first-order valence-electron chi connectivity index (χ1n) is 15.5. The maximum atomic E-state index is 8.49. The predicted molar refractivity (Wildman–Crippen MR) is 166 cm³/mol. The van der Waals surface area contributed by atoms with Crippen LogP contribution in [0.1, 0.15) is 85.1 Å². The van der Waals surface area contributed by atoms with Gasteiger partial charge in [-0.3, -0.25) is 0 Å². The van der Waals surface area contributed by atoms with E-state index in [2.05, 4.69) is 29.9 Å². The van der Waals surface area contributed by atoms with Crippen molar-refractivity contribution in [3.05, 3.63) is 59.2 Å². The van der Waals surface area contributed by atoms with Gasteiger partial charge >= 0.3 is 16.8 Å². The number of aliphatic imine (C=N–C) groups is 4. The zero-order chi connectivity index (χ0) is 40.5. The zero-order valence-corrected chi connectivity index (χ0v) is 33.5. The quantitative estimate of drug-likeness (QED) is 0.280. The third-order valence-electron chi connectivity index (χ3n) is 6.24. The van der Waals surface area contributed by atoms with E-state index in [-0.39, 0.29) is 38.9 Å². The Morgan fingerprint density at radius 2 is 0.667 bits per heavy atom. The molecule has 2 aromatic rings. The van der Waals surface area contributed by atoms with Crippen LogP contribution in [0.15, 0.2) is 56.4 Å². The molecule has 6 heterocycles. The Balaban J connectivity index is 0.000000404. The largest absolute Gasteiger partial charge is 2.00 e. The van der Waals surface area contributed by atoms with E-state index in [1.165, 1.54) is 6.92 Å². The van der Waals surface area contributed by atoms with Gasteiger partial charge in [0.25, 0.3) is 0 Å². The predicted octanol–water partition coefficient (Wildman–Crippen LogP) is -4.60. The summed E-state index contributed by atoms with van der Waals surface area (Å²) >= 11 is 0. The van der Waals surface area contributed by atoms with Crippen LogP contribution in [0.2, 0.25) is 0 Å². The number of hydrogen-bond acceptors (Lipinski definition) is 19. The van der Waals surface area contributed by atoms with Crippen molar-refractivity contribution < 1.29 is 93.5 Å². The van der Waals surface area contributed by atoms with E-state index in [9.17, 15) is 0 Å². The van der Waals surface area contributed by atoms with Gasteiger partial charge in [0.1, 0.15) is 49.2 Å². The third-order valence-corrected chi connectivity index (χ3v) is 6.24. The Hall–Kier alpha value is -3.56. The van der Waals surface area contributed by atoms with Gasteiger partial charge in [-0.25, -0.2) is 67.2 Å². The molecule has 0 aromatic carbocycles. The molecule has 0 fully saturated rings. The SMILES string of the molecule is CC#N.CC1(C)COC(c2cccc(C3=NC(C)(C)CO3)n2)=N1.CC1(C)COC(c2cccc(C3=NC(C)(C)CO3)n2)=N1.[Co+2].[O-][Cl+3]([O-])([O-])[O-].[O-][Cl+3]([O-])([O-])[O-]. The minimum absolute atomic E-state index is 0. The van der Waals surface area contributed by atoms with Crippen molar-refractivity contribution >= 4 is 23.6 Å². The second-order valence-corrected chi connectivity index (χ2v) is 15.4. The molecular weight excluding hydrogens is 804 g/mol. The van der Waals surface area contributed by atoms with Gasteiger partial charge in [0.05, 0.1) is 28.2 Å². The third kappa shape index (κ3) is 18.7. The van der Waals surface area contributed by atoms with Crippen molar-refractivity contribution in [2.45, 2.75) is 84.5 Å². The van der Waals surface area contributed by atoms with E-state index in [4.69, 9.17) is 61.5 Å². The molecule has 19 nitrogen and oxygen atoms in total. The number of nitriles is 1. The maximum Gasteiger partial charge on any atom is 2.00 e. The number of nitrogens with zero attached hydrogens (tertiary/aromatic N) is 7. The van der Waals surface area contributed by atoms with Crippen LogP contribution in [0.25, 0.3) is 0 Å². The molecule has 0 amide bonds. The van der Waals surface area contributed by atoms with Gasteiger partial charge in [0.2, 0.25) is 23.6 Å². The molecule has 0 spiro atoms. The summed E-state index contributed by atoms with van der Waals surface area (Å²) in [5, 5.41) is 7.32. The van der Waals surface area contributed by atoms with E-state index in [1.807, 2.05) is 91.8 Å². The normalized spacial score (nSPS) is 19.3. The van der Waals surface area contributed by atoms with Crippen molar-refractivity contribution in [3.63, 3.8) is 0 Å². The molecular formula is C32H41Cl2CoN7O12. The van der Waals surface area contributed by atoms with Crippen LogP contribution in [0, 0.1) is 31.8 Å². The molecule has 0 N–H and O–H groups in total. The smallest absolute Gasteiger partial charge is 0.474 e. The molecule has 2 aromatic heterocycles. The summed E-state index contributed by atoms with van der Waals surface area (Å²) in [6.45, 7) is 20.1. The molecule has 0 bridgehead atoms. The Morgan fingerprint density at radius 3 is 0.796 bits per heavy atom. The molecule has 0 unspecified atom stereocenters. The number of halogens is 2. The van der Waals surface area contributed by atoms with Gasteiger partial charge in [-0.05, 0) is 79.7 Å². The molecule has 4 aliphatic heterocycles. The van der Waals surface area contributed by atoms with Crippen LogP contribution in [0.3, 0.4) is 0 Å². The summed E-state index contributed by atoms with van der Waals surface area (Å²) in [5.74, 6) is 2.37. The van der Waals surface area contributed by atoms with Gasteiger partial charge in [-0.1, -0.05) is 12.1 Å². The number of rotatable bonds is 4. The maximum absolute atomic E-state index is 8.49. The zero-order valence-electron chi connectivity index (χ0n) is 30.9. The summed E-state index contributed by atoms with van der Waals surface area (Å²) in [4.78, 5) is 27.3. The van der Waals surface area contributed by atoms with E-state index < -0.39 is 20.5 Å².